The van der Waals surface area contributed by atoms with Crippen LogP contribution < -0.4 is 5.73 Å². The second-order valence-electron chi connectivity index (χ2n) is 12.7. The third kappa shape index (κ3) is 10.5. The Bertz CT molecular complexity index is 1030. The van der Waals surface area contributed by atoms with E-state index in [1.165, 1.54) is 6.92 Å². The van der Waals surface area contributed by atoms with Crippen LogP contribution in [0.25, 0.3) is 0 Å². The highest BCUT2D eigenvalue weighted by Gasteiger charge is 2.58. The zero-order valence-corrected chi connectivity index (χ0v) is 27.7. The van der Waals surface area contributed by atoms with E-state index < -0.39 is 130 Å². The van der Waals surface area contributed by atoms with Gasteiger partial charge in [-0.05, 0) is 26.3 Å². The SMILES string of the molecule is CC(=O)CC1C(O)CC(OC=O)(OC2C(O)C(CO)OC(OC3C(CO)OC(OCCCCCCN)C(O)C3O)C2O)OC1[C@@H](O)[C@H](O)CO. The highest BCUT2D eigenvalue weighted by atomic mass is 16.9. The van der Waals surface area contributed by atoms with E-state index in [9.17, 15) is 60.7 Å². The number of aliphatic hydroxyl groups excluding tert-OH is 10. The van der Waals surface area contributed by atoms with Gasteiger partial charge in [0, 0.05) is 18.9 Å². The topological polar surface area (TPSA) is 327 Å². The van der Waals surface area contributed by atoms with Crippen LogP contribution in [0.4, 0.5) is 0 Å². The maximum absolute atomic E-state index is 12.0. The van der Waals surface area contributed by atoms with E-state index in [0.717, 1.165) is 19.3 Å². The Morgan fingerprint density at radius 3 is 2.16 bits per heavy atom. The first-order valence-corrected chi connectivity index (χ1v) is 16.6. The number of nitrogens with two attached hydrogens (primary N) is 1. The van der Waals surface area contributed by atoms with Gasteiger partial charge in [0.15, 0.2) is 12.6 Å². The summed E-state index contributed by atoms with van der Waals surface area (Å²) in [5.74, 6) is -4.37. The van der Waals surface area contributed by atoms with Gasteiger partial charge < -0.3 is 94.8 Å². The first-order valence-electron chi connectivity index (χ1n) is 16.6. The Balaban J connectivity index is 1.83. The number of ketones is 1. The summed E-state index contributed by atoms with van der Waals surface area (Å²) in [5, 5.41) is 105. The molecule has 3 heterocycles. The lowest BCUT2D eigenvalue weighted by Crippen LogP contribution is -2.67. The van der Waals surface area contributed by atoms with Crippen LogP contribution in [-0.4, -0.2) is 188 Å². The van der Waals surface area contributed by atoms with E-state index in [0.29, 0.717) is 13.0 Å². The number of rotatable bonds is 20. The number of ether oxygens (including phenoxy) is 7. The lowest BCUT2D eigenvalue weighted by atomic mass is 9.82. The molecule has 12 N–H and O–H groups in total. The molecule has 3 saturated heterocycles. The predicted molar refractivity (Wildman–Crippen MR) is 162 cm³/mol. The van der Waals surface area contributed by atoms with Gasteiger partial charge in [0.2, 0.25) is 0 Å². The van der Waals surface area contributed by atoms with Gasteiger partial charge in [-0.3, -0.25) is 4.79 Å². The highest BCUT2D eigenvalue weighted by Crippen LogP contribution is 2.41. The van der Waals surface area contributed by atoms with Crippen LogP contribution in [0.2, 0.25) is 0 Å². The Hall–Kier alpha value is -1.54. The molecule has 20 heteroatoms. The van der Waals surface area contributed by atoms with Crippen LogP contribution in [-0.2, 0) is 42.7 Å². The van der Waals surface area contributed by atoms with E-state index in [4.69, 9.17) is 38.9 Å². The van der Waals surface area contributed by atoms with E-state index in [2.05, 4.69) is 0 Å². The summed E-state index contributed by atoms with van der Waals surface area (Å²) in [6, 6.07) is 0. The fourth-order valence-electron chi connectivity index (χ4n) is 6.28. The molecule has 3 rings (SSSR count). The molecule has 20 nitrogen and oxygen atoms in total. The molecular formula is C30H53NO19. The van der Waals surface area contributed by atoms with Crippen molar-refractivity contribution in [2.75, 3.05) is 33.0 Å². The minimum Gasteiger partial charge on any atom is -0.410 e. The summed E-state index contributed by atoms with van der Waals surface area (Å²) in [6.45, 7) is -0.890. The van der Waals surface area contributed by atoms with Gasteiger partial charge in [0.1, 0.15) is 66.8 Å². The monoisotopic (exact) mass is 731 g/mol. The van der Waals surface area contributed by atoms with E-state index in [1.807, 2.05) is 0 Å². The maximum atomic E-state index is 12.0. The van der Waals surface area contributed by atoms with Crippen LogP contribution in [0.5, 0.6) is 0 Å². The van der Waals surface area contributed by atoms with Gasteiger partial charge in [-0.25, -0.2) is 0 Å². The van der Waals surface area contributed by atoms with Crippen LogP contribution >= 0.6 is 0 Å². The summed E-state index contributed by atoms with van der Waals surface area (Å²) >= 11 is 0. The second-order valence-corrected chi connectivity index (χ2v) is 12.7. The summed E-state index contributed by atoms with van der Waals surface area (Å²) in [7, 11) is 0. The van der Waals surface area contributed by atoms with E-state index >= 15 is 0 Å². The minimum atomic E-state index is -2.71. The molecular weight excluding hydrogens is 678 g/mol. The molecule has 0 saturated carbocycles. The van der Waals surface area contributed by atoms with Crippen molar-refractivity contribution in [1.82, 2.24) is 0 Å². The van der Waals surface area contributed by atoms with Crippen molar-refractivity contribution in [3.05, 3.63) is 0 Å². The molecule has 3 fully saturated rings. The first-order chi connectivity index (χ1) is 23.8. The Morgan fingerprint density at radius 2 is 1.56 bits per heavy atom. The third-order valence-electron chi connectivity index (χ3n) is 8.99. The molecule has 0 aromatic heterocycles. The number of aliphatic hydroxyl groups is 10. The van der Waals surface area contributed by atoms with Gasteiger partial charge in [0.05, 0.1) is 38.4 Å². The molecule has 14 unspecified atom stereocenters. The average Bonchev–Trinajstić information content (AvgIpc) is 3.09. The molecule has 0 spiro atoms. The molecule has 0 radical (unpaired) electrons. The molecule has 0 aromatic carbocycles. The molecule has 50 heavy (non-hydrogen) atoms. The lowest BCUT2D eigenvalue weighted by Gasteiger charge is -2.50. The standard InChI is InChI=1S/C30H53NO19/c1-14(36)8-15-16(37)9-30(45-13-35,49-25(15)20(39)17(38)10-32)50-27-21(40)18(11-33)46-29(24(27)43)48-26-19(12-34)47-28(23(42)22(26)41)44-7-5-3-2-4-6-31/h13,15-29,32-34,37-43H,2-12,31H2,1H3/t15?,16?,17-,18?,19?,20+,21?,22?,23?,24?,25?,26?,27?,28?,29?,30?/m1/s1. The summed E-state index contributed by atoms with van der Waals surface area (Å²) < 4.78 is 39.0. The number of hydrogen-bond acceptors (Lipinski definition) is 20. The fraction of sp³-hybridized carbons (Fsp3) is 0.933. The van der Waals surface area contributed by atoms with Gasteiger partial charge in [-0.1, -0.05) is 12.8 Å². The Labute approximate surface area is 288 Å². The number of carbonyl (C=O) groups excluding carboxylic acids is 2. The maximum Gasteiger partial charge on any atom is 0.332 e. The lowest BCUT2D eigenvalue weighted by molar-refractivity contribution is -0.449. The van der Waals surface area contributed by atoms with E-state index in [1.54, 1.807) is 0 Å². The van der Waals surface area contributed by atoms with Gasteiger partial charge in [-0.2, -0.15) is 0 Å². The summed E-state index contributed by atoms with van der Waals surface area (Å²) in [6.07, 6.45) is -22.4. The second kappa shape index (κ2) is 20.1. The molecule has 0 amide bonds. The molecule has 16 atom stereocenters. The van der Waals surface area contributed by atoms with Gasteiger partial charge in [-0.15, -0.1) is 0 Å². The van der Waals surface area contributed by atoms with Crippen molar-refractivity contribution in [3.8, 4) is 0 Å². The largest absolute Gasteiger partial charge is 0.410 e. The zero-order chi connectivity index (χ0) is 37.2. The van der Waals surface area contributed by atoms with Crippen LogP contribution in [0.15, 0.2) is 0 Å². The molecule has 3 aliphatic rings. The van der Waals surface area contributed by atoms with Crippen molar-refractivity contribution in [2.45, 2.75) is 137 Å². The van der Waals surface area contributed by atoms with Crippen molar-refractivity contribution in [2.24, 2.45) is 11.7 Å². The Kier molecular flexibility index (Phi) is 17.2. The van der Waals surface area contributed by atoms with Crippen LogP contribution in [0.1, 0.15) is 45.4 Å². The summed E-state index contributed by atoms with van der Waals surface area (Å²) in [5.41, 5.74) is 5.48. The highest BCUT2D eigenvalue weighted by molar-refractivity contribution is 5.75. The van der Waals surface area contributed by atoms with Crippen molar-refractivity contribution >= 4 is 12.3 Å². The normalized spacial score (nSPS) is 40.6. The van der Waals surface area contributed by atoms with Crippen molar-refractivity contribution < 1.29 is 93.8 Å². The minimum absolute atomic E-state index is 0.163. The number of carbonyl (C=O) groups is 2. The predicted octanol–water partition coefficient (Wildman–Crippen LogP) is -5.54. The number of Topliss-reactive ketones (excluding diaryl/α,β-unsaturated/α-hetero) is 1. The van der Waals surface area contributed by atoms with Crippen molar-refractivity contribution in [3.63, 3.8) is 0 Å². The average molecular weight is 732 g/mol. The van der Waals surface area contributed by atoms with Crippen LogP contribution in [0.3, 0.4) is 0 Å². The number of unbranched alkanes of at least 4 members (excludes halogenated alkanes) is 3. The first kappa shape index (κ1) is 42.9. The molecule has 292 valence electrons. The third-order valence-corrected chi connectivity index (χ3v) is 8.99. The van der Waals surface area contributed by atoms with E-state index in [-0.39, 0.29) is 19.5 Å². The molecule has 0 aromatic rings. The molecule has 3 aliphatic heterocycles. The van der Waals surface area contributed by atoms with Crippen LogP contribution in [0, 0.1) is 5.92 Å². The molecule has 0 bridgehead atoms. The molecule has 0 aliphatic carbocycles. The number of hydrogen-bond donors (Lipinski definition) is 11. The van der Waals surface area contributed by atoms with Crippen molar-refractivity contribution in [1.29, 1.82) is 0 Å². The van der Waals surface area contributed by atoms with Gasteiger partial charge in [0.25, 0.3) is 6.47 Å². The summed E-state index contributed by atoms with van der Waals surface area (Å²) in [4.78, 5) is 23.6. The Morgan fingerprint density at radius 1 is 0.900 bits per heavy atom. The van der Waals surface area contributed by atoms with Gasteiger partial charge >= 0.3 is 5.97 Å². The zero-order valence-electron chi connectivity index (χ0n) is 27.7. The fourth-order valence-corrected chi connectivity index (χ4v) is 6.28. The quantitative estimate of drug-likeness (QED) is 0.0316. The smallest absolute Gasteiger partial charge is 0.332 e.